The number of alkyl halides is 2. The van der Waals surface area contributed by atoms with Crippen molar-refractivity contribution in [2.75, 3.05) is 5.32 Å². The van der Waals surface area contributed by atoms with Crippen molar-refractivity contribution < 1.29 is 18.3 Å². The highest BCUT2D eigenvalue weighted by Crippen LogP contribution is 2.29. The van der Waals surface area contributed by atoms with Crippen LogP contribution in [0.15, 0.2) is 30.9 Å². The molecule has 1 heterocycles. The predicted octanol–water partition coefficient (Wildman–Crippen LogP) is 2.40. The molecule has 2 N–H and O–H groups in total. The monoisotopic (exact) mass is 325 g/mol. The summed E-state index contributed by atoms with van der Waals surface area (Å²) in [4.78, 5) is 15.8. The molecule has 0 aliphatic heterocycles. The lowest BCUT2D eigenvalue weighted by Gasteiger charge is -2.17. The molecule has 1 aromatic heterocycles. The zero-order chi connectivity index (χ0) is 16.8. The van der Waals surface area contributed by atoms with Crippen molar-refractivity contribution >= 4 is 11.7 Å². The highest BCUT2D eigenvalue weighted by atomic mass is 19.3. The van der Waals surface area contributed by atoms with E-state index in [-0.39, 0.29) is 17.5 Å². The fourth-order valence-electron chi connectivity index (χ4n) is 2.02. The number of anilines is 1. The minimum atomic E-state index is -2.97. The van der Waals surface area contributed by atoms with Gasteiger partial charge in [-0.05, 0) is 25.5 Å². The molecule has 1 atom stereocenters. The summed E-state index contributed by atoms with van der Waals surface area (Å²) in [6.07, 6.45) is 2.93. The van der Waals surface area contributed by atoms with Crippen LogP contribution in [-0.2, 0) is 6.54 Å². The lowest BCUT2D eigenvalue weighted by atomic mass is 10.2. The molecule has 2 amide bonds. The van der Waals surface area contributed by atoms with E-state index in [4.69, 9.17) is 0 Å². The molecule has 0 spiro atoms. The normalized spacial score (nSPS) is 12.0. The maximum absolute atomic E-state index is 12.4. The van der Waals surface area contributed by atoms with E-state index in [9.17, 15) is 13.6 Å². The molecule has 7 nitrogen and oxygen atoms in total. The van der Waals surface area contributed by atoms with E-state index in [1.165, 1.54) is 18.7 Å². The zero-order valence-corrected chi connectivity index (χ0v) is 12.7. The van der Waals surface area contributed by atoms with Crippen LogP contribution in [0.4, 0.5) is 19.3 Å². The molecule has 0 bridgehead atoms. The van der Waals surface area contributed by atoms with Gasteiger partial charge in [-0.15, -0.1) is 0 Å². The minimum Gasteiger partial charge on any atom is -0.433 e. The number of aryl methyl sites for hydroxylation is 1. The summed E-state index contributed by atoms with van der Waals surface area (Å²) < 4.78 is 30.8. The summed E-state index contributed by atoms with van der Waals surface area (Å²) in [7, 11) is 0. The third-order valence-corrected chi connectivity index (χ3v) is 2.99. The van der Waals surface area contributed by atoms with Gasteiger partial charge in [0, 0.05) is 6.04 Å². The Balaban J connectivity index is 1.99. The Morgan fingerprint density at radius 1 is 1.43 bits per heavy atom. The molecule has 0 radical (unpaired) electrons. The Bertz CT molecular complexity index is 649. The third-order valence-electron chi connectivity index (χ3n) is 2.99. The summed E-state index contributed by atoms with van der Waals surface area (Å²) in [5, 5.41) is 9.17. The Morgan fingerprint density at radius 2 is 2.22 bits per heavy atom. The molecule has 0 fully saturated rings. The molecule has 2 aromatic rings. The van der Waals surface area contributed by atoms with E-state index in [0.717, 1.165) is 0 Å². The lowest BCUT2D eigenvalue weighted by Crippen LogP contribution is -2.38. The largest absolute Gasteiger partial charge is 0.433 e. The van der Waals surface area contributed by atoms with Gasteiger partial charge in [-0.2, -0.15) is 13.9 Å². The van der Waals surface area contributed by atoms with E-state index in [2.05, 4.69) is 25.5 Å². The first-order valence-electron chi connectivity index (χ1n) is 6.90. The van der Waals surface area contributed by atoms with Crippen molar-refractivity contribution in [2.24, 2.45) is 0 Å². The number of benzene rings is 1. The van der Waals surface area contributed by atoms with E-state index in [0.29, 0.717) is 12.1 Å². The SMILES string of the molecule is Cc1cccc(OC(F)F)c1NC(=O)N[C@@H](C)Cn1cncn1. The lowest BCUT2D eigenvalue weighted by molar-refractivity contribution is -0.0493. The topological polar surface area (TPSA) is 81.1 Å². The molecule has 0 aliphatic rings. The first-order chi connectivity index (χ1) is 11.0. The second-order valence-corrected chi connectivity index (χ2v) is 4.94. The molecule has 2 rings (SSSR count). The number of hydrogen-bond acceptors (Lipinski definition) is 4. The molecule has 23 heavy (non-hydrogen) atoms. The van der Waals surface area contributed by atoms with Gasteiger partial charge in [0.1, 0.15) is 18.4 Å². The second-order valence-electron chi connectivity index (χ2n) is 4.94. The van der Waals surface area contributed by atoms with Gasteiger partial charge in [0.15, 0.2) is 0 Å². The Hall–Kier alpha value is -2.71. The van der Waals surface area contributed by atoms with Crippen LogP contribution in [0.2, 0.25) is 0 Å². The Kier molecular flexibility index (Phi) is 5.45. The number of ether oxygens (including phenoxy) is 1. The van der Waals surface area contributed by atoms with E-state index in [1.54, 1.807) is 30.7 Å². The smallest absolute Gasteiger partial charge is 0.387 e. The average Bonchev–Trinajstić information content (AvgIpc) is 2.94. The molecule has 1 aromatic carbocycles. The van der Waals surface area contributed by atoms with Crippen molar-refractivity contribution in [2.45, 2.75) is 33.0 Å². The van der Waals surface area contributed by atoms with Gasteiger partial charge >= 0.3 is 12.6 Å². The first-order valence-corrected chi connectivity index (χ1v) is 6.90. The predicted molar refractivity (Wildman–Crippen MR) is 79.4 cm³/mol. The Labute approximate surface area is 131 Å². The van der Waals surface area contributed by atoms with Crippen molar-refractivity contribution in [3.8, 4) is 5.75 Å². The number of amides is 2. The van der Waals surface area contributed by atoms with E-state index in [1.807, 2.05) is 0 Å². The minimum absolute atomic E-state index is 0.0842. The second kappa shape index (κ2) is 7.52. The number of carbonyl (C=O) groups is 1. The van der Waals surface area contributed by atoms with Crippen LogP contribution in [0.5, 0.6) is 5.75 Å². The molecule has 9 heteroatoms. The first kappa shape index (κ1) is 16.7. The van der Waals surface area contributed by atoms with Gasteiger partial charge in [-0.3, -0.25) is 4.68 Å². The molecular weight excluding hydrogens is 308 g/mol. The van der Waals surface area contributed by atoms with Crippen LogP contribution in [0.3, 0.4) is 0 Å². The number of rotatable bonds is 6. The number of urea groups is 1. The number of hydrogen-bond donors (Lipinski definition) is 2. The van der Waals surface area contributed by atoms with Gasteiger partial charge in [-0.1, -0.05) is 12.1 Å². The van der Waals surface area contributed by atoms with Crippen LogP contribution >= 0.6 is 0 Å². The number of carbonyl (C=O) groups excluding carboxylic acids is 1. The van der Waals surface area contributed by atoms with Gasteiger partial charge in [0.25, 0.3) is 0 Å². The fourth-order valence-corrected chi connectivity index (χ4v) is 2.02. The number of para-hydroxylation sites is 1. The Morgan fingerprint density at radius 3 is 2.87 bits per heavy atom. The summed E-state index contributed by atoms with van der Waals surface area (Å²) in [6.45, 7) is 0.941. The molecule has 0 saturated carbocycles. The quantitative estimate of drug-likeness (QED) is 0.854. The molecule has 0 aliphatic carbocycles. The maximum atomic E-state index is 12.4. The van der Waals surface area contributed by atoms with Crippen LogP contribution < -0.4 is 15.4 Å². The fraction of sp³-hybridized carbons (Fsp3) is 0.357. The number of nitrogens with one attached hydrogen (secondary N) is 2. The highest BCUT2D eigenvalue weighted by molar-refractivity contribution is 5.92. The highest BCUT2D eigenvalue weighted by Gasteiger charge is 2.15. The van der Waals surface area contributed by atoms with Gasteiger partial charge in [0.05, 0.1) is 12.2 Å². The van der Waals surface area contributed by atoms with Crippen LogP contribution in [-0.4, -0.2) is 33.4 Å². The van der Waals surface area contributed by atoms with E-state index < -0.39 is 12.6 Å². The summed E-state index contributed by atoms with van der Waals surface area (Å²) in [5.41, 5.74) is 0.820. The summed E-state index contributed by atoms with van der Waals surface area (Å²) in [5.74, 6) is -0.0842. The molecule has 124 valence electrons. The average molecular weight is 325 g/mol. The van der Waals surface area contributed by atoms with Crippen molar-refractivity contribution in [3.63, 3.8) is 0 Å². The van der Waals surface area contributed by atoms with Crippen molar-refractivity contribution in [3.05, 3.63) is 36.4 Å². The van der Waals surface area contributed by atoms with E-state index >= 15 is 0 Å². The third kappa shape index (κ3) is 4.90. The summed E-state index contributed by atoms with van der Waals surface area (Å²) in [6, 6.07) is 3.87. The van der Waals surface area contributed by atoms with Crippen LogP contribution in [0, 0.1) is 6.92 Å². The number of aromatic nitrogens is 3. The zero-order valence-electron chi connectivity index (χ0n) is 12.7. The molecule has 0 saturated heterocycles. The van der Waals surface area contributed by atoms with Crippen LogP contribution in [0.1, 0.15) is 12.5 Å². The molecular formula is C14H17F2N5O2. The van der Waals surface area contributed by atoms with Crippen molar-refractivity contribution in [1.82, 2.24) is 20.1 Å². The standard InChI is InChI=1S/C14H17F2N5O2/c1-9-4-3-5-11(23-13(15)16)12(9)20-14(22)19-10(2)6-21-8-17-7-18-21/h3-5,7-8,10,13H,6H2,1-2H3,(H2,19,20,22)/t10-/m0/s1. The van der Waals surface area contributed by atoms with Gasteiger partial charge in [0.2, 0.25) is 0 Å². The molecule has 0 unspecified atom stereocenters. The van der Waals surface area contributed by atoms with Gasteiger partial charge in [-0.25, -0.2) is 9.78 Å². The number of halogens is 2. The van der Waals surface area contributed by atoms with Gasteiger partial charge < -0.3 is 15.4 Å². The van der Waals surface area contributed by atoms with Crippen molar-refractivity contribution in [1.29, 1.82) is 0 Å². The number of nitrogens with zero attached hydrogens (tertiary/aromatic N) is 3. The maximum Gasteiger partial charge on any atom is 0.387 e. The van der Waals surface area contributed by atoms with Crippen LogP contribution in [0.25, 0.3) is 0 Å². The summed E-state index contributed by atoms with van der Waals surface area (Å²) >= 11 is 0.